The Morgan fingerprint density at radius 2 is 2.25 bits per heavy atom. The number of nitrogens with one attached hydrogen (secondary N) is 1. The quantitative estimate of drug-likeness (QED) is 0.817. The third kappa shape index (κ3) is 2.39. The van der Waals surface area contributed by atoms with Gasteiger partial charge in [-0.2, -0.15) is 8.42 Å². The molecule has 1 aromatic heterocycles. The largest absolute Gasteiger partial charge is 0.462 e. The van der Waals surface area contributed by atoms with Crippen LogP contribution in [0.3, 0.4) is 0 Å². The first-order chi connectivity index (χ1) is 9.45. The summed E-state index contributed by atoms with van der Waals surface area (Å²) in [6.45, 7) is 4.40. The van der Waals surface area contributed by atoms with Crippen molar-refractivity contribution in [1.82, 2.24) is 5.32 Å². The first-order valence-electron chi connectivity index (χ1n) is 6.42. The molecule has 0 radical (unpaired) electrons. The number of fused-ring (bicyclic) bond motifs is 1. The summed E-state index contributed by atoms with van der Waals surface area (Å²) in [5.74, 6) is 0. The Bertz CT molecular complexity index is 738. The fraction of sp³-hybridized carbons (Fsp3) is 0.385. The highest BCUT2D eigenvalue weighted by Gasteiger charge is 2.22. The molecular formula is C13H16N2O4S. The molecule has 1 atom stereocenters. The summed E-state index contributed by atoms with van der Waals surface area (Å²) in [7, 11) is -4.23. The fourth-order valence-corrected chi connectivity index (χ4v) is 3.11. The summed E-state index contributed by atoms with van der Waals surface area (Å²) in [4.78, 5) is 1.97. The van der Waals surface area contributed by atoms with E-state index in [1.165, 1.54) is 18.4 Å². The molecule has 6 nitrogen and oxygen atoms in total. The van der Waals surface area contributed by atoms with Gasteiger partial charge in [0.15, 0.2) is 5.58 Å². The average Bonchev–Trinajstić information content (AvgIpc) is 2.84. The number of hydrogen-bond acceptors (Lipinski definition) is 5. The Hall–Kier alpha value is -1.57. The van der Waals surface area contributed by atoms with Gasteiger partial charge < -0.3 is 14.6 Å². The number of piperazine rings is 1. The molecule has 2 aromatic rings. The van der Waals surface area contributed by atoms with E-state index in [9.17, 15) is 13.0 Å². The van der Waals surface area contributed by atoms with Gasteiger partial charge in [0.25, 0.3) is 10.1 Å². The maximum atomic E-state index is 11.4. The lowest BCUT2D eigenvalue weighted by Gasteiger charge is -2.33. The second kappa shape index (κ2) is 4.76. The number of benzene rings is 1. The third-order valence-corrected chi connectivity index (χ3v) is 4.34. The molecular weight excluding hydrogens is 280 g/mol. The van der Waals surface area contributed by atoms with Crippen molar-refractivity contribution in [2.75, 3.05) is 24.5 Å². The molecule has 2 heterocycles. The molecule has 0 bridgehead atoms. The molecule has 2 N–H and O–H groups in total. The van der Waals surface area contributed by atoms with Gasteiger partial charge in [0.2, 0.25) is 0 Å². The van der Waals surface area contributed by atoms with Gasteiger partial charge in [-0.15, -0.1) is 0 Å². The van der Waals surface area contributed by atoms with Crippen LogP contribution in [-0.4, -0.2) is 38.6 Å². The summed E-state index contributed by atoms with van der Waals surface area (Å²) in [5, 5.41) is 4.00. The summed E-state index contributed by atoms with van der Waals surface area (Å²) in [5.41, 5.74) is 1.35. The first kappa shape index (κ1) is 13.4. The molecule has 20 heavy (non-hydrogen) atoms. The van der Waals surface area contributed by atoms with E-state index in [-0.39, 0.29) is 4.90 Å². The molecule has 1 aromatic carbocycles. The Morgan fingerprint density at radius 1 is 1.45 bits per heavy atom. The molecule has 0 saturated carbocycles. The Morgan fingerprint density at radius 3 is 2.95 bits per heavy atom. The van der Waals surface area contributed by atoms with Gasteiger partial charge in [-0.05, 0) is 25.1 Å². The maximum absolute atomic E-state index is 11.4. The molecule has 3 rings (SSSR count). The van der Waals surface area contributed by atoms with Crippen molar-refractivity contribution in [3.05, 3.63) is 24.5 Å². The second-order valence-corrected chi connectivity index (χ2v) is 6.48. The van der Waals surface area contributed by atoms with E-state index in [0.29, 0.717) is 22.7 Å². The van der Waals surface area contributed by atoms with Crippen LogP contribution in [0.1, 0.15) is 6.92 Å². The van der Waals surface area contributed by atoms with Gasteiger partial charge in [0, 0.05) is 31.1 Å². The van der Waals surface area contributed by atoms with Crippen molar-refractivity contribution in [3.8, 4) is 0 Å². The number of hydrogen-bond donors (Lipinski definition) is 2. The lowest BCUT2D eigenvalue weighted by molar-refractivity contribution is 0.480. The van der Waals surface area contributed by atoms with Crippen LogP contribution in [0.15, 0.2) is 33.8 Å². The topological polar surface area (TPSA) is 82.8 Å². The molecule has 1 aliphatic heterocycles. The van der Waals surface area contributed by atoms with Crippen molar-refractivity contribution in [2.45, 2.75) is 17.9 Å². The first-order valence-corrected chi connectivity index (χ1v) is 7.86. The molecule has 108 valence electrons. The molecule has 0 unspecified atom stereocenters. The van der Waals surface area contributed by atoms with Crippen molar-refractivity contribution < 1.29 is 17.4 Å². The fourth-order valence-electron chi connectivity index (χ4n) is 2.57. The van der Waals surface area contributed by atoms with Crippen molar-refractivity contribution in [3.63, 3.8) is 0 Å². The molecule has 1 saturated heterocycles. The number of nitrogens with zero attached hydrogens (tertiary/aromatic N) is 1. The molecule has 7 heteroatoms. The van der Waals surface area contributed by atoms with E-state index >= 15 is 0 Å². The predicted octanol–water partition coefficient (Wildman–Crippen LogP) is 1.48. The Balaban J connectivity index is 2.15. The highest BCUT2D eigenvalue weighted by molar-refractivity contribution is 7.85. The molecule has 1 fully saturated rings. The van der Waals surface area contributed by atoms with Crippen molar-refractivity contribution in [2.24, 2.45) is 0 Å². The minimum Gasteiger partial charge on any atom is -0.462 e. The summed E-state index contributed by atoms with van der Waals surface area (Å²) in [6.07, 6.45) is 1.52. The minimum absolute atomic E-state index is 0.104. The van der Waals surface area contributed by atoms with Gasteiger partial charge in [0.1, 0.15) is 0 Å². The van der Waals surface area contributed by atoms with Gasteiger partial charge in [-0.25, -0.2) is 0 Å². The van der Waals surface area contributed by atoms with E-state index in [1.54, 1.807) is 6.07 Å². The monoisotopic (exact) mass is 296 g/mol. The summed E-state index contributed by atoms with van der Waals surface area (Å²) >= 11 is 0. The highest BCUT2D eigenvalue weighted by atomic mass is 32.2. The SMILES string of the molecule is C[C@H]1CN(c2cc(S(=O)(=O)O)cc3ccoc23)CCN1. The predicted molar refractivity (Wildman–Crippen MR) is 75.7 cm³/mol. The summed E-state index contributed by atoms with van der Waals surface area (Å²) in [6, 6.07) is 4.89. The molecule has 0 aliphatic carbocycles. The van der Waals surface area contributed by atoms with Crippen LogP contribution in [0.25, 0.3) is 11.0 Å². The molecule has 0 amide bonds. The van der Waals surface area contributed by atoms with Crippen LogP contribution in [0.4, 0.5) is 5.69 Å². The van der Waals surface area contributed by atoms with Crippen molar-refractivity contribution in [1.29, 1.82) is 0 Å². The van der Waals surface area contributed by atoms with Crippen LogP contribution < -0.4 is 10.2 Å². The van der Waals surface area contributed by atoms with Crippen molar-refractivity contribution >= 4 is 26.8 Å². The normalized spacial score (nSPS) is 20.5. The maximum Gasteiger partial charge on any atom is 0.294 e. The Kier molecular flexibility index (Phi) is 3.19. The van der Waals surface area contributed by atoms with E-state index in [0.717, 1.165) is 19.6 Å². The van der Waals surface area contributed by atoms with Gasteiger partial charge in [-0.3, -0.25) is 4.55 Å². The Labute approximate surface area is 117 Å². The van der Waals surface area contributed by atoms with E-state index in [1.807, 2.05) is 0 Å². The molecule has 0 spiro atoms. The zero-order chi connectivity index (χ0) is 14.3. The van der Waals surface area contributed by atoms with E-state index < -0.39 is 10.1 Å². The highest BCUT2D eigenvalue weighted by Crippen LogP contribution is 2.32. The van der Waals surface area contributed by atoms with Crippen LogP contribution in [0.2, 0.25) is 0 Å². The number of rotatable bonds is 2. The summed E-state index contributed by atoms with van der Waals surface area (Å²) < 4.78 is 37.5. The van der Waals surface area contributed by atoms with Gasteiger partial charge >= 0.3 is 0 Å². The number of anilines is 1. The van der Waals surface area contributed by atoms with E-state index in [4.69, 9.17) is 4.42 Å². The third-order valence-electron chi connectivity index (χ3n) is 3.51. The average molecular weight is 296 g/mol. The lowest BCUT2D eigenvalue weighted by Crippen LogP contribution is -2.49. The van der Waals surface area contributed by atoms with Crippen LogP contribution in [-0.2, 0) is 10.1 Å². The second-order valence-electron chi connectivity index (χ2n) is 5.06. The zero-order valence-corrected chi connectivity index (χ0v) is 11.9. The minimum atomic E-state index is -4.23. The van der Waals surface area contributed by atoms with Crippen LogP contribution in [0, 0.1) is 0 Å². The van der Waals surface area contributed by atoms with Gasteiger partial charge in [-0.1, -0.05) is 0 Å². The van der Waals surface area contributed by atoms with E-state index in [2.05, 4.69) is 17.1 Å². The van der Waals surface area contributed by atoms with Crippen LogP contribution in [0.5, 0.6) is 0 Å². The standard InChI is InChI=1S/C13H16N2O4S/c1-9-8-15(4-3-14-9)12-7-11(20(16,17)18)6-10-2-5-19-13(10)12/h2,5-7,9,14H,3-4,8H2,1H3,(H,16,17,18)/t9-/m0/s1. The smallest absolute Gasteiger partial charge is 0.294 e. The lowest BCUT2D eigenvalue weighted by atomic mass is 10.1. The molecule has 1 aliphatic rings. The number of furan rings is 1. The van der Waals surface area contributed by atoms with Crippen LogP contribution >= 0.6 is 0 Å². The zero-order valence-electron chi connectivity index (χ0n) is 11.0. The van der Waals surface area contributed by atoms with Gasteiger partial charge in [0.05, 0.1) is 16.8 Å².